The van der Waals surface area contributed by atoms with E-state index in [9.17, 15) is 4.79 Å². The van der Waals surface area contributed by atoms with E-state index < -0.39 is 0 Å². The number of pyridine rings is 1. The van der Waals surface area contributed by atoms with Crippen molar-refractivity contribution in [2.24, 2.45) is 0 Å². The minimum absolute atomic E-state index is 0.0462. The molecule has 2 heterocycles. The van der Waals surface area contributed by atoms with Crippen molar-refractivity contribution in [2.45, 2.75) is 6.54 Å². The fourth-order valence-electron chi connectivity index (χ4n) is 3.10. The van der Waals surface area contributed by atoms with Crippen molar-refractivity contribution in [1.29, 1.82) is 0 Å². The molecule has 4 heteroatoms. The largest absolute Gasteiger partial charge is 0.497 e. The van der Waals surface area contributed by atoms with Gasteiger partial charge >= 0.3 is 0 Å². The van der Waals surface area contributed by atoms with Crippen molar-refractivity contribution < 1.29 is 4.74 Å². The highest BCUT2D eigenvalue weighted by molar-refractivity contribution is 5.78. The van der Waals surface area contributed by atoms with Gasteiger partial charge in [-0.15, -0.1) is 0 Å². The lowest BCUT2D eigenvalue weighted by molar-refractivity contribution is 0.415. The van der Waals surface area contributed by atoms with Crippen LogP contribution in [-0.4, -0.2) is 16.2 Å². The lowest BCUT2D eigenvalue weighted by atomic mass is 10.2. The van der Waals surface area contributed by atoms with Gasteiger partial charge in [0.1, 0.15) is 5.75 Å². The third-order valence-corrected chi connectivity index (χ3v) is 4.36. The Bertz CT molecular complexity index is 1060. The molecule has 4 nitrogen and oxygen atoms in total. The Morgan fingerprint density at radius 3 is 2.32 bits per heavy atom. The Labute approximate surface area is 145 Å². The van der Waals surface area contributed by atoms with Crippen molar-refractivity contribution in [2.75, 3.05) is 7.11 Å². The molecular formula is C21H18N2O2. The van der Waals surface area contributed by atoms with Gasteiger partial charge in [0.25, 0.3) is 5.56 Å². The summed E-state index contributed by atoms with van der Waals surface area (Å²) in [4.78, 5) is 12.5. The number of benzene rings is 2. The minimum atomic E-state index is -0.0462. The molecule has 0 aliphatic heterocycles. The van der Waals surface area contributed by atoms with Gasteiger partial charge in [-0.1, -0.05) is 30.3 Å². The molecule has 0 bridgehead atoms. The van der Waals surface area contributed by atoms with Crippen LogP contribution in [0.5, 0.6) is 5.75 Å². The van der Waals surface area contributed by atoms with Crippen LogP contribution in [0, 0.1) is 0 Å². The summed E-state index contributed by atoms with van der Waals surface area (Å²) in [5.74, 6) is 0.769. The highest BCUT2D eigenvalue weighted by atomic mass is 16.5. The van der Waals surface area contributed by atoms with E-state index in [4.69, 9.17) is 4.74 Å². The molecule has 0 fully saturated rings. The summed E-state index contributed by atoms with van der Waals surface area (Å²) in [7, 11) is 1.63. The molecular weight excluding hydrogens is 312 g/mol. The van der Waals surface area contributed by atoms with Crippen LogP contribution >= 0.6 is 0 Å². The maximum Gasteiger partial charge on any atom is 0.255 e. The van der Waals surface area contributed by atoms with Crippen LogP contribution < -0.4 is 10.3 Å². The molecule has 0 unspecified atom stereocenters. The zero-order chi connectivity index (χ0) is 17.2. The lowest BCUT2D eigenvalue weighted by Gasteiger charge is -2.10. The van der Waals surface area contributed by atoms with Gasteiger partial charge in [-0.05, 0) is 42.0 Å². The first kappa shape index (κ1) is 15.3. The van der Waals surface area contributed by atoms with E-state index in [1.807, 2.05) is 60.8 Å². The van der Waals surface area contributed by atoms with E-state index in [-0.39, 0.29) is 5.56 Å². The molecule has 0 amide bonds. The van der Waals surface area contributed by atoms with Gasteiger partial charge in [0.2, 0.25) is 0 Å². The van der Waals surface area contributed by atoms with Crippen LogP contribution in [0.25, 0.3) is 16.7 Å². The zero-order valence-corrected chi connectivity index (χ0v) is 13.9. The molecule has 0 aliphatic rings. The molecule has 4 aromatic rings. The van der Waals surface area contributed by atoms with E-state index >= 15 is 0 Å². The van der Waals surface area contributed by atoms with Crippen molar-refractivity contribution >= 4 is 11.0 Å². The maximum absolute atomic E-state index is 12.5. The average Bonchev–Trinajstić information content (AvgIpc) is 3.05. The fourth-order valence-corrected chi connectivity index (χ4v) is 3.10. The normalized spacial score (nSPS) is 10.9. The first-order chi connectivity index (χ1) is 12.3. The van der Waals surface area contributed by atoms with Crippen LogP contribution in [0.1, 0.15) is 5.56 Å². The Morgan fingerprint density at radius 1 is 0.840 bits per heavy atom. The highest BCUT2D eigenvalue weighted by Gasteiger charge is 2.09. The van der Waals surface area contributed by atoms with Crippen LogP contribution in [0.15, 0.2) is 83.8 Å². The SMILES string of the molecule is COc1ccc(-n2c(=O)ccc3c2ccn3Cc2ccccc2)cc1. The molecule has 2 aromatic heterocycles. The summed E-state index contributed by atoms with van der Waals surface area (Å²) >= 11 is 0. The molecule has 4 rings (SSSR count). The molecule has 0 N–H and O–H groups in total. The lowest BCUT2D eigenvalue weighted by Crippen LogP contribution is -2.17. The average molecular weight is 330 g/mol. The van der Waals surface area contributed by atoms with Crippen LogP contribution in [-0.2, 0) is 6.54 Å². The number of methoxy groups -OCH3 is 1. The number of fused-ring (bicyclic) bond motifs is 1. The third-order valence-electron chi connectivity index (χ3n) is 4.36. The fraction of sp³-hybridized carbons (Fsp3) is 0.0952. The molecule has 0 saturated heterocycles. The topological polar surface area (TPSA) is 36.2 Å². The quantitative estimate of drug-likeness (QED) is 0.570. The number of ether oxygens (including phenoxy) is 1. The summed E-state index contributed by atoms with van der Waals surface area (Å²) in [6.45, 7) is 0.769. The zero-order valence-electron chi connectivity index (χ0n) is 13.9. The monoisotopic (exact) mass is 330 g/mol. The molecule has 124 valence electrons. The number of aromatic nitrogens is 2. The van der Waals surface area contributed by atoms with Gasteiger partial charge < -0.3 is 9.30 Å². The van der Waals surface area contributed by atoms with Gasteiger partial charge in [-0.25, -0.2) is 0 Å². The Kier molecular flexibility index (Phi) is 3.86. The molecule has 2 aromatic carbocycles. The molecule has 0 atom stereocenters. The highest BCUT2D eigenvalue weighted by Crippen LogP contribution is 2.21. The van der Waals surface area contributed by atoms with Crippen LogP contribution in [0.3, 0.4) is 0 Å². The van der Waals surface area contributed by atoms with Crippen LogP contribution in [0.2, 0.25) is 0 Å². The van der Waals surface area contributed by atoms with E-state index in [2.05, 4.69) is 16.7 Å². The predicted octanol–water partition coefficient (Wildman–Crippen LogP) is 3.85. The molecule has 25 heavy (non-hydrogen) atoms. The van der Waals surface area contributed by atoms with Gasteiger partial charge in [0.15, 0.2) is 0 Å². The first-order valence-electron chi connectivity index (χ1n) is 8.15. The van der Waals surface area contributed by atoms with E-state index in [1.54, 1.807) is 17.7 Å². The Morgan fingerprint density at radius 2 is 1.60 bits per heavy atom. The summed E-state index contributed by atoms with van der Waals surface area (Å²) in [6.07, 6.45) is 2.02. The second-order valence-electron chi connectivity index (χ2n) is 5.90. The minimum Gasteiger partial charge on any atom is -0.497 e. The van der Waals surface area contributed by atoms with E-state index in [0.717, 1.165) is 29.0 Å². The number of rotatable bonds is 4. The molecule has 0 saturated carbocycles. The smallest absolute Gasteiger partial charge is 0.255 e. The maximum atomic E-state index is 12.5. The van der Waals surface area contributed by atoms with Crippen molar-refractivity contribution in [3.63, 3.8) is 0 Å². The molecule has 0 aliphatic carbocycles. The van der Waals surface area contributed by atoms with Gasteiger partial charge in [-0.3, -0.25) is 9.36 Å². The summed E-state index contributed by atoms with van der Waals surface area (Å²) in [5, 5.41) is 0. The van der Waals surface area contributed by atoms with Crippen molar-refractivity contribution in [3.8, 4) is 11.4 Å². The van der Waals surface area contributed by atoms with Crippen LogP contribution in [0.4, 0.5) is 0 Å². The van der Waals surface area contributed by atoms with Gasteiger partial charge in [-0.2, -0.15) is 0 Å². The summed E-state index contributed by atoms with van der Waals surface area (Å²) in [6, 6.07) is 23.3. The van der Waals surface area contributed by atoms with Crippen molar-refractivity contribution in [3.05, 3.63) is 94.9 Å². The number of nitrogens with zero attached hydrogens (tertiary/aromatic N) is 2. The van der Waals surface area contributed by atoms with Gasteiger partial charge in [0.05, 0.1) is 18.1 Å². The Balaban J connectivity index is 1.82. The van der Waals surface area contributed by atoms with E-state index in [1.165, 1.54) is 5.56 Å². The van der Waals surface area contributed by atoms with Crippen molar-refractivity contribution in [1.82, 2.24) is 9.13 Å². The molecule has 0 spiro atoms. The number of hydrogen-bond donors (Lipinski definition) is 0. The number of hydrogen-bond acceptors (Lipinski definition) is 2. The second kappa shape index (κ2) is 6.32. The van der Waals surface area contributed by atoms with E-state index in [0.29, 0.717) is 0 Å². The molecule has 0 radical (unpaired) electrons. The van der Waals surface area contributed by atoms with Gasteiger partial charge in [0, 0.05) is 24.5 Å². The third kappa shape index (κ3) is 2.83. The summed E-state index contributed by atoms with van der Waals surface area (Å²) < 4.78 is 9.09. The predicted molar refractivity (Wildman–Crippen MR) is 99.6 cm³/mol. The first-order valence-corrected chi connectivity index (χ1v) is 8.15. The Hall–Kier alpha value is -3.27. The summed E-state index contributed by atoms with van der Waals surface area (Å²) in [5.41, 5.74) is 3.93. The second-order valence-corrected chi connectivity index (χ2v) is 5.90. The standard InChI is InChI=1S/C21H18N2O2/c1-25-18-9-7-17(8-10-18)23-20-13-14-22(19(20)11-12-21(23)24)15-16-5-3-2-4-6-16/h2-14H,15H2,1H3.